The van der Waals surface area contributed by atoms with Crippen molar-refractivity contribution in [1.82, 2.24) is 0 Å². The molecule has 1 rings (SSSR count). The Morgan fingerprint density at radius 1 is 1.31 bits per heavy atom. The molecule has 0 saturated heterocycles. The van der Waals surface area contributed by atoms with E-state index in [4.69, 9.17) is 0 Å². The average molecular weight is 222 g/mol. The minimum Gasteiger partial charge on any atom is -0.385 e. The van der Waals surface area contributed by atoms with E-state index in [0.29, 0.717) is 5.92 Å². The molecule has 0 amide bonds. The van der Waals surface area contributed by atoms with Crippen LogP contribution in [-0.2, 0) is 0 Å². The largest absolute Gasteiger partial charge is 0.385 e. The fraction of sp³-hybridized carbons (Fsp3) is 0.733. The van der Waals surface area contributed by atoms with E-state index >= 15 is 0 Å². The van der Waals surface area contributed by atoms with Crippen LogP contribution in [0, 0.1) is 11.8 Å². The molecule has 0 aliphatic heterocycles. The van der Waals surface area contributed by atoms with Gasteiger partial charge in [-0.15, -0.1) is 0 Å². The number of aliphatic hydroxyl groups is 1. The van der Waals surface area contributed by atoms with Crippen molar-refractivity contribution in [2.45, 2.75) is 59.0 Å². The van der Waals surface area contributed by atoms with Gasteiger partial charge in [-0.05, 0) is 31.6 Å². The Morgan fingerprint density at radius 2 is 2.00 bits per heavy atom. The maximum atomic E-state index is 10.5. The molecule has 1 N–H and O–H groups in total. The fourth-order valence-corrected chi connectivity index (χ4v) is 2.18. The van der Waals surface area contributed by atoms with Gasteiger partial charge in [0, 0.05) is 0 Å². The van der Waals surface area contributed by atoms with E-state index in [1.165, 1.54) is 18.4 Å². The molecule has 16 heavy (non-hydrogen) atoms. The van der Waals surface area contributed by atoms with Crippen LogP contribution in [0.15, 0.2) is 23.8 Å². The summed E-state index contributed by atoms with van der Waals surface area (Å²) in [6.07, 6.45) is 10.5. The van der Waals surface area contributed by atoms with Crippen molar-refractivity contribution in [2.24, 2.45) is 11.8 Å². The number of allylic oxidation sites excluding steroid dienone is 2. The highest BCUT2D eigenvalue weighted by atomic mass is 16.3. The van der Waals surface area contributed by atoms with Crippen LogP contribution in [-0.4, -0.2) is 10.7 Å². The Kier molecular flexibility index (Phi) is 4.79. The minimum atomic E-state index is -0.601. The highest BCUT2D eigenvalue weighted by molar-refractivity contribution is 5.26. The Morgan fingerprint density at radius 3 is 2.50 bits per heavy atom. The third-order valence-corrected chi connectivity index (χ3v) is 3.66. The average Bonchev–Trinajstić information content (AvgIpc) is 2.22. The number of hydrogen-bond acceptors (Lipinski definition) is 1. The second-order valence-electron chi connectivity index (χ2n) is 5.70. The van der Waals surface area contributed by atoms with Gasteiger partial charge in [-0.2, -0.15) is 0 Å². The van der Waals surface area contributed by atoms with Gasteiger partial charge in [0.15, 0.2) is 0 Å². The summed E-state index contributed by atoms with van der Waals surface area (Å²) in [6.45, 7) is 8.76. The van der Waals surface area contributed by atoms with E-state index < -0.39 is 5.60 Å². The normalized spacial score (nSPS) is 27.0. The first-order chi connectivity index (χ1) is 7.44. The van der Waals surface area contributed by atoms with Crippen molar-refractivity contribution in [2.75, 3.05) is 0 Å². The van der Waals surface area contributed by atoms with Gasteiger partial charge in [-0.25, -0.2) is 0 Å². The van der Waals surface area contributed by atoms with E-state index in [9.17, 15) is 5.11 Å². The molecule has 0 aromatic carbocycles. The second kappa shape index (κ2) is 5.67. The summed E-state index contributed by atoms with van der Waals surface area (Å²) in [5.41, 5.74) is 0.662. The van der Waals surface area contributed by atoms with Crippen molar-refractivity contribution in [3.05, 3.63) is 23.8 Å². The monoisotopic (exact) mass is 222 g/mol. The second-order valence-corrected chi connectivity index (χ2v) is 5.70. The van der Waals surface area contributed by atoms with Gasteiger partial charge in [0.05, 0.1) is 5.60 Å². The Balaban J connectivity index is 2.42. The summed E-state index contributed by atoms with van der Waals surface area (Å²) in [7, 11) is 0. The Bertz CT molecular complexity index is 275. The Labute approximate surface area is 100 Å². The van der Waals surface area contributed by atoms with Crippen LogP contribution in [0.3, 0.4) is 0 Å². The number of rotatable bonds is 5. The van der Waals surface area contributed by atoms with Crippen molar-refractivity contribution in [1.29, 1.82) is 0 Å². The first kappa shape index (κ1) is 13.5. The predicted octanol–water partition coefficient (Wildman–Crippen LogP) is 4.09. The summed E-state index contributed by atoms with van der Waals surface area (Å²) in [4.78, 5) is 0. The van der Waals surface area contributed by atoms with Crippen molar-refractivity contribution >= 4 is 0 Å². The molecular weight excluding hydrogens is 196 g/mol. The van der Waals surface area contributed by atoms with Crippen LogP contribution in [0.1, 0.15) is 53.4 Å². The summed E-state index contributed by atoms with van der Waals surface area (Å²) in [5, 5.41) is 10.5. The van der Waals surface area contributed by atoms with Crippen molar-refractivity contribution < 1.29 is 5.11 Å². The smallest absolute Gasteiger partial charge is 0.0890 e. The SMILES string of the molecule is CC1=CCC(O)(C(C)CCCC(C)C)C=C1. The first-order valence-electron chi connectivity index (χ1n) is 6.52. The lowest BCUT2D eigenvalue weighted by molar-refractivity contribution is 0.0319. The molecular formula is C15H26O. The van der Waals surface area contributed by atoms with Crippen LogP contribution in [0.4, 0.5) is 0 Å². The molecule has 0 bridgehead atoms. The van der Waals surface area contributed by atoms with Gasteiger partial charge in [0.25, 0.3) is 0 Å². The molecule has 0 fully saturated rings. The standard InChI is InChI=1S/C15H26O/c1-12(2)6-5-7-14(4)15(16)10-8-13(3)9-11-15/h8-10,12,14,16H,5-7,11H2,1-4H3. The molecule has 2 atom stereocenters. The molecule has 92 valence electrons. The molecule has 1 heteroatoms. The minimum absolute atomic E-state index is 0.354. The molecule has 0 aromatic rings. The zero-order valence-electron chi connectivity index (χ0n) is 11.2. The van der Waals surface area contributed by atoms with Gasteiger partial charge >= 0.3 is 0 Å². The Hall–Kier alpha value is -0.560. The van der Waals surface area contributed by atoms with E-state index in [0.717, 1.165) is 18.8 Å². The van der Waals surface area contributed by atoms with Crippen LogP contribution in [0.5, 0.6) is 0 Å². The van der Waals surface area contributed by atoms with Gasteiger partial charge in [-0.3, -0.25) is 0 Å². The summed E-state index contributed by atoms with van der Waals surface area (Å²) >= 11 is 0. The lowest BCUT2D eigenvalue weighted by Crippen LogP contribution is -2.34. The third kappa shape index (κ3) is 3.79. The fourth-order valence-electron chi connectivity index (χ4n) is 2.18. The van der Waals surface area contributed by atoms with E-state index in [2.05, 4.69) is 33.8 Å². The molecule has 0 saturated carbocycles. The topological polar surface area (TPSA) is 20.2 Å². The molecule has 0 radical (unpaired) electrons. The van der Waals surface area contributed by atoms with Gasteiger partial charge in [0.2, 0.25) is 0 Å². The molecule has 0 aromatic heterocycles. The maximum Gasteiger partial charge on any atom is 0.0890 e. The quantitative estimate of drug-likeness (QED) is 0.743. The zero-order chi connectivity index (χ0) is 12.2. The maximum absolute atomic E-state index is 10.5. The third-order valence-electron chi connectivity index (χ3n) is 3.66. The van der Waals surface area contributed by atoms with Gasteiger partial charge in [-0.1, -0.05) is 57.4 Å². The van der Waals surface area contributed by atoms with Gasteiger partial charge in [0.1, 0.15) is 0 Å². The van der Waals surface area contributed by atoms with Crippen LogP contribution < -0.4 is 0 Å². The summed E-state index contributed by atoms with van der Waals surface area (Å²) < 4.78 is 0. The molecule has 0 spiro atoms. The lowest BCUT2D eigenvalue weighted by atomic mass is 9.79. The first-order valence-corrected chi connectivity index (χ1v) is 6.52. The molecule has 0 heterocycles. The lowest BCUT2D eigenvalue weighted by Gasteiger charge is -2.32. The van der Waals surface area contributed by atoms with E-state index in [1.54, 1.807) is 0 Å². The zero-order valence-corrected chi connectivity index (χ0v) is 11.2. The van der Waals surface area contributed by atoms with Crippen LogP contribution >= 0.6 is 0 Å². The predicted molar refractivity (Wildman–Crippen MR) is 70.3 cm³/mol. The van der Waals surface area contributed by atoms with Crippen molar-refractivity contribution in [3.8, 4) is 0 Å². The van der Waals surface area contributed by atoms with Gasteiger partial charge < -0.3 is 5.11 Å². The van der Waals surface area contributed by atoms with E-state index in [-0.39, 0.29) is 0 Å². The summed E-state index contributed by atoms with van der Waals surface area (Å²) in [6, 6.07) is 0. The van der Waals surface area contributed by atoms with E-state index in [1.807, 2.05) is 12.2 Å². The van der Waals surface area contributed by atoms with Crippen LogP contribution in [0.2, 0.25) is 0 Å². The molecule has 2 unspecified atom stereocenters. The molecule has 1 nitrogen and oxygen atoms in total. The highest BCUT2D eigenvalue weighted by Gasteiger charge is 2.30. The summed E-state index contributed by atoms with van der Waals surface area (Å²) in [5.74, 6) is 1.12. The number of hydrogen-bond donors (Lipinski definition) is 1. The molecule has 1 aliphatic carbocycles. The highest BCUT2D eigenvalue weighted by Crippen LogP contribution is 2.31. The van der Waals surface area contributed by atoms with Crippen molar-refractivity contribution in [3.63, 3.8) is 0 Å². The van der Waals surface area contributed by atoms with Crippen LogP contribution in [0.25, 0.3) is 0 Å². The molecule has 1 aliphatic rings.